The van der Waals surface area contributed by atoms with Gasteiger partial charge in [0.15, 0.2) is 5.82 Å². The third-order valence-corrected chi connectivity index (χ3v) is 4.29. The molecule has 1 aromatic heterocycles. The molecule has 0 atom stereocenters. The Hall–Kier alpha value is -2.73. The second-order valence-electron chi connectivity index (χ2n) is 5.99. The summed E-state index contributed by atoms with van der Waals surface area (Å²) in [6, 6.07) is 12.8. The Morgan fingerprint density at radius 2 is 1.96 bits per heavy atom. The highest BCUT2D eigenvalue weighted by Crippen LogP contribution is 2.24. The molecular formula is C18H18ClN5O. The van der Waals surface area contributed by atoms with Crippen molar-refractivity contribution in [3.05, 3.63) is 58.6 Å². The molecule has 25 heavy (non-hydrogen) atoms. The molecule has 0 fully saturated rings. The maximum Gasteiger partial charge on any atom is 0.255 e. The number of carbonyl (C=O) groups is 1. The number of amides is 1. The minimum absolute atomic E-state index is 0.122. The third kappa shape index (κ3) is 3.53. The number of aromatic nitrogens is 4. The summed E-state index contributed by atoms with van der Waals surface area (Å²) in [5.74, 6) is 0.416. The van der Waals surface area contributed by atoms with E-state index in [1.807, 2.05) is 39.0 Å². The summed E-state index contributed by atoms with van der Waals surface area (Å²) in [6.45, 7) is 5.86. The molecule has 0 saturated heterocycles. The van der Waals surface area contributed by atoms with Crippen LogP contribution in [0.4, 0.5) is 5.69 Å². The van der Waals surface area contributed by atoms with E-state index in [0.29, 0.717) is 22.1 Å². The average Bonchev–Trinajstić information content (AvgIpc) is 3.09. The van der Waals surface area contributed by atoms with Gasteiger partial charge in [-0.2, -0.15) is 0 Å². The number of benzene rings is 2. The summed E-state index contributed by atoms with van der Waals surface area (Å²) in [4.78, 5) is 12.6. The zero-order chi connectivity index (χ0) is 18.0. The van der Waals surface area contributed by atoms with E-state index < -0.39 is 0 Å². The van der Waals surface area contributed by atoms with Crippen LogP contribution in [0.25, 0.3) is 11.4 Å². The zero-order valence-corrected chi connectivity index (χ0v) is 14.9. The SMILES string of the molecule is Cc1c(Cl)cccc1NC(=O)c1cccc(-c2nnnn2C(C)C)c1. The lowest BCUT2D eigenvalue weighted by molar-refractivity contribution is 0.102. The lowest BCUT2D eigenvalue weighted by Crippen LogP contribution is -2.13. The molecule has 6 nitrogen and oxygen atoms in total. The van der Waals surface area contributed by atoms with Crippen LogP contribution >= 0.6 is 11.6 Å². The normalized spacial score (nSPS) is 10.9. The average molecular weight is 356 g/mol. The molecule has 0 saturated carbocycles. The summed E-state index contributed by atoms with van der Waals surface area (Å²) in [5.41, 5.74) is 2.83. The van der Waals surface area contributed by atoms with Gasteiger partial charge in [-0.25, -0.2) is 4.68 Å². The number of hydrogen-bond donors (Lipinski definition) is 1. The smallest absolute Gasteiger partial charge is 0.255 e. The Kier molecular flexibility index (Phi) is 4.81. The van der Waals surface area contributed by atoms with Crippen molar-refractivity contribution in [1.29, 1.82) is 0 Å². The van der Waals surface area contributed by atoms with Gasteiger partial charge in [0, 0.05) is 21.8 Å². The van der Waals surface area contributed by atoms with Gasteiger partial charge in [-0.15, -0.1) is 5.10 Å². The molecule has 7 heteroatoms. The van der Waals surface area contributed by atoms with Crippen molar-refractivity contribution in [3.8, 4) is 11.4 Å². The van der Waals surface area contributed by atoms with Gasteiger partial charge in [0.25, 0.3) is 5.91 Å². The molecule has 0 aliphatic rings. The first-order valence-electron chi connectivity index (χ1n) is 7.92. The van der Waals surface area contributed by atoms with Gasteiger partial charge < -0.3 is 5.32 Å². The molecular weight excluding hydrogens is 338 g/mol. The first-order valence-corrected chi connectivity index (χ1v) is 8.30. The Balaban J connectivity index is 1.90. The van der Waals surface area contributed by atoms with E-state index in [1.165, 1.54) is 0 Å². The number of anilines is 1. The summed E-state index contributed by atoms with van der Waals surface area (Å²) in [7, 11) is 0. The van der Waals surface area contributed by atoms with Crippen LogP contribution in [-0.4, -0.2) is 26.1 Å². The zero-order valence-electron chi connectivity index (χ0n) is 14.2. The Labute approximate surface area is 150 Å². The molecule has 128 valence electrons. The van der Waals surface area contributed by atoms with Crippen molar-refractivity contribution in [3.63, 3.8) is 0 Å². The third-order valence-electron chi connectivity index (χ3n) is 3.88. The van der Waals surface area contributed by atoms with Crippen LogP contribution in [0.2, 0.25) is 5.02 Å². The molecule has 0 unspecified atom stereocenters. The first-order chi connectivity index (χ1) is 12.0. The van der Waals surface area contributed by atoms with Crippen molar-refractivity contribution in [2.75, 3.05) is 5.32 Å². The lowest BCUT2D eigenvalue weighted by atomic mass is 10.1. The van der Waals surface area contributed by atoms with E-state index in [9.17, 15) is 4.79 Å². The fourth-order valence-electron chi connectivity index (χ4n) is 2.47. The molecule has 1 amide bonds. The topological polar surface area (TPSA) is 72.7 Å². The minimum Gasteiger partial charge on any atom is -0.322 e. The van der Waals surface area contributed by atoms with Gasteiger partial charge in [-0.05, 0) is 61.0 Å². The van der Waals surface area contributed by atoms with E-state index in [0.717, 1.165) is 11.1 Å². The van der Waals surface area contributed by atoms with E-state index in [2.05, 4.69) is 20.8 Å². The van der Waals surface area contributed by atoms with Gasteiger partial charge in [0.05, 0.1) is 6.04 Å². The van der Waals surface area contributed by atoms with Crippen molar-refractivity contribution < 1.29 is 4.79 Å². The maximum absolute atomic E-state index is 12.6. The van der Waals surface area contributed by atoms with E-state index in [4.69, 9.17) is 11.6 Å². The standard InChI is InChI=1S/C18H18ClN5O/c1-11(2)24-17(21-22-23-24)13-6-4-7-14(10-13)18(25)20-16-9-5-8-15(19)12(16)3/h4-11H,1-3H3,(H,20,25). The Bertz CT molecular complexity index is 919. The molecule has 0 spiro atoms. The van der Waals surface area contributed by atoms with E-state index in [-0.39, 0.29) is 11.9 Å². The molecule has 3 rings (SSSR count). The van der Waals surface area contributed by atoms with Gasteiger partial charge in [0.1, 0.15) is 0 Å². The quantitative estimate of drug-likeness (QED) is 0.763. The molecule has 2 aromatic carbocycles. The number of nitrogens with zero attached hydrogens (tertiary/aromatic N) is 4. The van der Waals surface area contributed by atoms with Gasteiger partial charge in [0.2, 0.25) is 0 Å². The summed E-state index contributed by atoms with van der Waals surface area (Å²) in [6.07, 6.45) is 0. The number of nitrogens with one attached hydrogen (secondary N) is 1. The van der Waals surface area contributed by atoms with Crippen LogP contribution in [0.5, 0.6) is 0 Å². The molecule has 3 aromatic rings. The summed E-state index contributed by atoms with van der Waals surface area (Å²) < 4.78 is 1.72. The predicted molar refractivity (Wildman–Crippen MR) is 97.8 cm³/mol. The van der Waals surface area contributed by atoms with Crippen LogP contribution in [0.1, 0.15) is 35.8 Å². The highest BCUT2D eigenvalue weighted by Gasteiger charge is 2.14. The van der Waals surface area contributed by atoms with E-state index in [1.54, 1.807) is 28.9 Å². The van der Waals surface area contributed by atoms with Crippen LogP contribution < -0.4 is 5.32 Å². The molecule has 0 aliphatic heterocycles. The van der Waals surface area contributed by atoms with Gasteiger partial charge in [-0.1, -0.05) is 29.8 Å². The molecule has 1 N–H and O–H groups in total. The first kappa shape index (κ1) is 17.1. The van der Waals surface area contributed by atoms with Crippen LogP contribution in [0.3, 0.4) is 0 Å². The monoisotopic (exact) mass is 355 g/mol. The summed E-state index contributed by atoms with van der Waals surface area (Å²) in [5, 5.41) is 15.3. The fraction of sp³-hybridized carbons (Fsp3) is 0.222. The number of hydrogen-bond acceptors (Lipinski definition) is 4. The number of halogens is 1. The Morgan fingerprint density at radius 1 is 1.20 bits per heavy atom. The van der Waals surface area contributed by atoms with Crippen molar-refractivity contribution in [1.82, 2.24) is 20.2 Å². The molecule has 1 heterocycles. The Morgan fingerprint density at radius 3 is 2.72 bits per heavy atom. The van der Waals surface area contributed by atoms with Crippen LogP contribution in [0.15, 0.2) is 42.5 Å². The lowest BCUT2D eigenvalue weighted by Gasteiger charge is -2.11. The molecule has 0 aliphatic carbocycles. The van der Waals surface area contributed by atoms with Gasteiger partial charge in [-0.3, -0.25) is 4.79 Å². The van der Waals surface area contributed by atoms with Crippen molar-refractivity contribution in [2.24, 2.45) is 0 Å². The number of carbonyl (C=O) groups excluding carboxylic acids is 1. The van der Waals surface area contributed by atoms with Crippen molar-refractivity contribution >= 4 is 23.2 Å². The molecule has 0 radical (unpaired) electrons. The minimum atomic E-state index is -0.212. The molecule has 0 bridgehead atoms. The number of rotatable bonds is 4. The van der Waals surface area contributed by atoms with Crippen LogP contribution in [-0.2, 0) is 0 Å². The van der Waals surface area contributed by atoms with Crippen LogP contribution in [0, 0.1) is 6.92 Å². The predicted octanol–water partition coefficient (Wildman–Crippen LogP) is 4.14. The van der Waals surface area contributed by atoms with E-state index >= 15 is 0 Å². The van der Waals surface area contributed by atoms with Gasteiger partial charge >= 0.3 is 0 Å². The highest BCUT2D eigenvalue weighted by molar-refractivity contribution is 6.31. The highest BCUT2D eigenvalue weighted by atomic mass is 35.5. The fourth-order valence-corrected chi connectivity index (χ4v) is 2.64. The van der Waals surface area contributed by atoms with Crippen molar-refractivity contribution in [2.45, 2.75) is 26.8 Å². The maximum atomic E-state index is 12.6. The second-order valence-corrected chi connectivity index (χ2v) is 6.40. The summed E-state index contributed by atoms with van der Waals surface area (Å²) >= 11 is 6.11. The second kappa shape index (κ2) is 7.03. The number of tetrazole rings is 1. The largest absolute Gasteiger partial charge is 0.322 e.